The molecule has 1 unspecified atom stereocenters. The van der Waals surface area contributed by atoms with Gasteiger partial charge in [0.1, 0.15) is 6.04 Å². The molecule has 1 atom stereocenters. The molecule has 1 aromatic carbocycles. The summed E-state index contributed by atoms with van der Waals surface area (Å²) in [4.78, 5) is 15.2. The lowest BCUT2D eigenvalue weighted by Crippen LogP contribution is -2.29. The minimum absolute atomic E-state index is 0. The normalized spacial score (nSPS) is 11.0. The number of rotatable bonds is 7. The lowest BCUT2D eigenvalue weighted by Gasteiger charge is -2.14. The predicted octanol–water partition coefficient (Wildman–Crippen LogP) is 2.53. The lowest BCUT2D eigenvalue weighted by molar-refractivity contribution is -0.139. The van der Waals surface area contributed by atoms with E-state index in [1.165, 1.54) is 0 Å². The van der Waals surface area contributed by atoms with Crippen LogP contribution in [0.3, 0.4) is 0 Å². The van der Waals surface area contributed by atoms with Gasteiger partial charge in [-0.05, 0) is 18.5 Å². The van der Waals surface area contributed by atoms with Crippen molar-refractivity contribution in [3.05, 3.63) is 54.6 Å². The van der Waals surface area contributed by atoms with E-state index in [0.29, 0.717) is 6.54 Å². The van der Waals surface area contributed by atoms with Crippen LogP contribution in [-0.2, 0) is 11.3 Å². The van der Waals surface area contributed by atoms with E-state index in [1.54, 1.807) is 12.5 Å². The van der Waals surface area contributed by atoms with Crippen LogP contribution in [0.1, 0.15) is 18.0 Å². The van der Waals surface area contributed by atoms with Crippen LogP contribution in [0.15, 0.2) is 49.1 Å². The van der Waals surface area contributed by atoms with Crippen LogP contribution < -0.4 is 5.32 Å². The van der Waals surface area contributed by atoms with E-state index in [1.807, 2.05) is 41.1 Å². The zero-order valence-corrected chi connectivity index (χ0v) is 13.0. The average Bonchev–Trinajstić information content (AvgIpc) is 2.92. The minimum Gasteiger partial charge on any atom is -0.480 e. The number of hydrogen-bond acceptors (Lipinski definition) is 3. The van der Waals surface area contributed by atoms with Crippen molar-refractivity contribution < 1.29 is 9.90 Å². The molecule has 0 fully saturated rings. The molecule has 2 N–H and O–H groups in total. The zero-order chi connectivity index (χ0) is 13.5. The van der Waals surface area contributed by atoms with Crippen molar-refractivity contribution in [2.24, 2.45) is 0 Å². The van der Waals surface area contributed by atoms with E-state index in [0.717, 1.165) is 18.5 Å². The molecule has 21 heavy (non-hydrogen) atoms. The summed E-state index contributed by atoms with van der Waals surface area (Å²) in [6, 6.07) is 8.56. The molecule has 116 valence electrons. The Bertz CT molecular complexity index is 506. The molecule has 0 amide bonds. The van der Waals surface area contributed by atoms with E-state index < -0.39 is 12.0 Å². The number of benzene rings is 1. The van der Waals surface area contributed by atoms with Crippen molar-refractivity contribution >= 4 is 30.8 Å². The third-order valence-corrected chi connectivity index (χ3v) is 2.88. The second-order valence-electron chi connectivity index (χ2n) is 4.29. The maximum absolute atomic E-state index is 11.2. The topological polar surface area (TPSA) is 67.2 Å². The predicted molar refractivity (Wildman–Crippen MR) is 86.2 cm³/mol. The maximum atomic E-state index is 11.2. The molecule has 2 aromatic rings. The Morgan fingerprint density at radius 1 is 1.29 bits per heavy atom. The van der Waals surface area contributed by atoms with Gasteiger partial charge in [0.05, 0.1) is 6.33 Å². The number of aromatic nitrogens is 2. The molecule has 0 spiro atoms. The van der Waals surface area contributed by atoms with Gasteiger partial charge in [0.15, 0.2) is 0 Å². The number of imidazole rings is 1. The van der Waals surface area contributed by atoms with Crippen molar-refractivity contribution in [2.75, 3.05) is 6.54 Å². The number of aryl methyl sites for hydroxylation is 1. The van der Waals surface area contributed by atoms with E-state index in [9.17, 15) is 9.90 Å². The first-order valence-electron chi connectivity index (χ1n) is 6.24. The van der Waals surface area contributed by atoms with Crippen LogP contribution in [0.2, 0.25) is 0 Å². The van der Waals surface area contributed by atoms with Gasteiger partial charge >= 0.3 is 5.97 Å². The summed E-state index contributed by atoms with van der Waals surface area (Å²) in [6.07, 6.45) is 6.24. The van der Waals surface area contributed by atoms with Crippen molar-refractivity contribution in [3.8, 4) is 0 Å². The molecule has 0 saturated heterocycles. The second-order valence-corrected chi connectivity index (χ2v) is 4.29. The molecule has 0 radical (unpaired) electrons. The highest BCUT2D eigenvalue weighted by Crippen LogP contribution is 2.12. The highest BCUT2D eigenvalue weighted by Gasteiger charge is 2.17. The fourth-order valence-corrected chi connectivity index (χ4v) is 1.92. The van der Waals surface area contributed by atoms with E-state index in [-0.39, 0.29) is 24.8 Å². The van der Waals surface area contributed by atoms with Gasteiger partial charge in [-0.2, -0.15) is 0 Å². The van der Waals surface area contributed by atoms with Crippen molar-refractivity contribution in [1.29, 1.82) is 0 Å². The SMILES string of the molecule is Cl.Cl.O=C(O)C(NCCCn1ccnc1)c1ccccc1. The molecular weight excluding hydrogens is 313 g/mol. The third kappa shape index (κ3) is 6.16. The molecule has 0 aliphatic carbocycles. The molecule has 0 aliphatic rings. The van der Waals surface area contributed by atoms with Gasteiger partial charge in [0.25, 0.3) is 0 Å². The van der Waals surface area contributed by atoms with E-state index in [4.69, 9.17) is 0 Å². The smallest absolute Gasteiger partial charge is 0.325 e. The zero-order valence-electron chi connectivity index (χ0n) is 11.4. The Morgan fingerprint density at radius 2 is 2.00 bits per heavy atom. The van der Waals surface area contributed by atoms with Gasteiger partial charge < -0.3 is 15.0 Å². The molecule has 2 rings (SSSR count). The number of halogens is 2. The van der Waals surface area contributed by atoms with Gasteiger partial charge in [-0.3, -0.25) is 4.79 Å². The Kier molecular flexibility index (Phi) is 9.45. The number of carboxylic acid groups (broad SMARTS) is 1. The second kappa shape index (κ2) is 10.2. The molecule has 5 nitrogen and oxygen atoms in total. The fourth-order valence-electron chi connectivity index (χ4n) is 1.92. The third-order valence-electron chi connectivity index (χ3n) is 2.88. The first-order valence-corrected chi connectivity index (χ1v) is 6.24. The first-order chi connectivity index (χ1) is 9.27. The van der Waals surface area contributed by atoms with Crippen molar-refractivity contribution in [2.45, 2.75) is 19.0 Å². The Hall–Kier alpha value is -1.56. The van der Waals surface area contributed by atoms with Gasteiger partial charge in [-0.25, -0.2) is 4.98 Å². The van der Waals surface area contributed by atoms with Crippen LogP contribution >= 0.6 is 24.8 Å². The number of nitrogens with one attached hydrogen (secondary N) is 1. The first kappa shape index (κ1) is 19.4. The van der Waals surface area contributed by atoms with E-state index in [2.05, 4.69) is 10.3 Å². The molecule has 0 saturated carbocycles. The average molecular weight is 332 g/mol. The van der Waals surface area contributed by atoms with Crippen molar-refractivity contribution in [1.82, 2.24) is 14.9 Å². The molecule has 1 heterocycles. The molecule has 0 bridgehead atoms. The largest absolute Gasteiger partial charge is 0.480 e. The fraction of sp³-hybridized carbons (Fsp3) is 0.286. The lowest BCUT2D eigenvalue weighted by atomic mass is 10.1. The maximum Gasteiger partial charge on any atom is 0.325 e. The summed E-state index contributed by atoms with van der Waals surface area (Å²) in [5, 5.41) is 12.3. The number of carboxylic acids is 1. The van der Waals surface area contributed by atoms with Crippen molar-refractivity contribution in [3.63, 3.8) is 0 Å². The van der Waals surface area contributed by atoms with Gasteiger partial charge in [0, 0.05) is 18.9 Å². The Morgan fingerprint density at radius 3 is 2.57 bits per heavy atom. The summed E-state index contributed by atoms with van der Waals surface area (Å²) in [5.41, 5.74) is 0.776. The number of hydrogen-bond donors (Lipinski definition) is 2. The Labute approximate surface area is 136 Å². The highest BCUT2D eigenvalue weighted by molar-refractivity contribution is 5.85. The van der Waals surface area contributed by atoms with Crippen LogP contribution in [0.25, 0.3) is 0 Å². The van der Waals surface area contributed by atoms with Crippen LogP contribution in [0.5, 0.6) is 0 Å². The molecule has 0 aliphatic heterocycles. The number of aliphatic carboxylic acids is 1. The highest BCUT2D eigenvalue weighted by atomic mass is 35.5. The Balaban J connectivity index is 0.00000200. The molecule has 1 aromatic heterocycles. The number of carbonyl (C=O) groups is 1. The van der Waals surface area contributed by atoms with Gasteiger partial charge in [-0.15, -0.1) is 24.8 Å². The quantitative estimate of drug-likeness (QED) is 0.765. The monoisotopic (exact) mass is 331 g/mol. The summed E-state index contributed by atoms with van der Waals surface area (Å²) in [6.45, 7) is 1.47. The number of nitrogens with zero attached hydrogens (tertiary/aromatic N) is 2. The summed E-state index contributed by atoms with van der Waals surface area (Å²) in [7, 11) is 0. The van der Waals surface area contributed by atoms with E-state index >= 15 is 0 Å². The van der Waals surface area contributed by atoms with Crippen LogP contribution in [0, 0.1) is 0 Å². The molecular formula is C14H19Cl2N3O2. The summed E-state index contributed by atoms with van der Waals surface area (Å²) in [5.74, 6) is -0.853. The van der Waals surface area contributed by atoms with Crippen LogP contribution in [-0.4, -0.2) is 27.2 Å². The molecule has 7 heteroatoms. The van der Waals surface area contributed by atoms with Gasteiger partial charge in [0.2, 0.25) is 0 Å². The summed E-state index contributed by atoms with van der Waals surface area (Å²) >= 11 is 0. The minimum atomic E-state index is -0.853. The van der Waals surface area contributed by atoms with Gasteiger partial charge in [-0.1, -0.05) is 30.3 Å². The van der Waals surface area contributed by atoms with Crippen LogP contribution in [0.4, 0.5) is 0 Å². The standard InChI is InChI=1S/C14H17N3O2.2ClH/c18-14(19)13(12-5-2-1-3-6-12)16-7-4-9-17-10-8-15-11-17;;/h1-3,5-6,8,10-11,13,16H,4,7,9H2,(H,18,19);2*1H. The summed E-state index contributed by atoms with van der Waals surface area (Å²) < 4.78 is 1.97.